The summed E-state index contributed by atoms with van der Waals surface area (Å²) < 4.78 is 37.7. The molecule has 1 aliphatic heterocycles. The zero-order valence-corrected chi connectivity index (χ0v) is 14.5. The van der Waals surface area contributed by atoms with Gasteiger partial charge in [-0.1, -0.05) is 35.1 Å². The Morgan fingerprint density at radius 3 is 2.44 bits per heavy atom. The average Bonchev–Trinajstić information content (AvgIpc) is 3.01. The van der Waals surface area contributed by atoms with E-state index in [1.54, 1.807) is 21.9 Å². The van der Waals surface area contributed by atoms with E-state index in [1.165, 1.54) is 0 Å². The lowest BCUT2D eigenvalue weighted by Gasteiger charge is -2.33. The number of alkyl halides is 3. The van der Waals surface area contributed by atoms with Crippen LogP contribution in [0.25, 0.3) is 0 Å². The smallest absolute Gasteiger partial charge is 0.336 e. The van der Waals surface area contributed by atoms with Crippen LogP contribution in [-0.2, 0) is 24.1 Å². The third-order valence-corrected chi connectivity index (χ3v) is 4.96. The van der Waals surface area contributed by atoms with Gasteiger partial charge < -0.3 is 4.90 Å². The molecule has 10 heteroatoms. The fourth-order valence-corrected chi connectivity index (χ4v) is 3.37. The van der Waals surface area contributed by atoms with Crippen molar-refractivity contribution in [3.63, 3.8) is 0 Å². The molecule has 1 aromatic heterocycles. The van der Waals surface area contributed by atoms with E-state index < -0.39 is 11.2 Å². The molecule has 1 amide bonds. The normalized spacial score (nSPS) is 16.5. The fourth-order valence-electron chi connectivity index (χ4n) is 2.49. The van der Waals surface area contributed by atoms with E-state index in [-0.39, 0.29) is 24.0 Å². The molecular weight excluding hydrogens is 377 g/mol. The third-order valence-electron chi connectivity index (χ3n) is 3.75. The molecule has 0 unspecified atom stereocenters. The number of aromatic nitrogens is 2. The molecule has 0 bridgehead atoms. The molecule has 0 radical (unpaired) electrons. The highest BCUT2D eigenvalue weighted by molar-refractivity contribution is 7.11. The van der Waals surface area contributed by atoms with Gasteiger partial charge in [-0.25, -0.2) is 0 Å². The summed E-state index contributed by atoms with van der Waals surface area (Å²) in [6, 6.07) is 7.26. The Bertz CT molecular complexity index is 750. The summed E-state index contributed by atoms with van der Waals surface area (Å²) in [5.41, 5.74) is 0.977. The molecule has 1 fully saturated rings. The van der Waals surface area contributed by atoms with E-state index in [9.17, 15) is 18.0 Å². The summed E-state index contributed by atoms with van der Waals surface area (Å²) in [4.78, 5) is 15.8. The summed E-state index contributed by atoms with van der Waals surface area (Å²) in [5, 5.41) is 6.65. The van der Waals surface area contributed by atoms with Gasteiger partial charge in [-0.15, -0.1) is 10.2 Å². The van der Waals surface area contributed by atoms with Gasteiger partial charge in [0, 0.05) is 24.7 Å². The molecule has 25 heavy (non-hydrogen) atoms. The second-order valence-corrected chi connectivity index (χ2v) is 7.15. The minimum absolute atomic E-state index is 0.0678. The quantitative estimate of drug-likeness (QED) is 0.805. The number of benzene rings is 1. The molecule has 3 rings (SSSR count). The highest BCUT2D eigenvalue weighted by atomic mass is 35.5. The maximum absolute atomic E-state index is 12.6. The molecule has 1 aliphatic rings. The molecule has 0 spiro atoms. The van der Waals surface area contributed by atoms with Crippen LogP contribution in [0.15, 0.2) is 24.3 Å². The Morgan fingerprint density at radius 2 is 1.84 bits per heavy atom. The van der Waals surface area contributed by atoms with Gasteiger partial charge in [0.05, 0.1) is 13.1 Å². The third kappa shape index (κ3) is 4.68. The van der Waals surface area contributed by atoms with Crippen LogP contribution in [0, 0.1) is 0 Å². The Morgan fingerprint density at radius 1 is 1.12 bits per heavy atom. The van der Waals surface area contributed by atoms with E-state index in [0.717, 1.165) is 5.56 Å². The summed E-state index contributed by atoms with van der Waals surface area (Å²) in [6.45, 7) is 1.90. The highest BCUT2D eigenvalue weighted by Gasteiger charge is 2.36. The standard InChI is InChI=1S/C15H14ClF3N4OS/c16-11-3-1-10(2-4-11)7-23-6-5-22(9-13(23)24)8-12-20-21-14(25-12)15(17,18)19/h1-4H,5-9H2. The second-order valence-electron chi connectivity index (χ2n) is 5.65. The fraction of sp³-hybridized carbons (Fsp3) is 0.400. The summed E-state index contributed by atoms with van der Waals surface area (Å²) >= 11 is 6.35. The largest absolute Gasteiger partial charge is 0.445 e. The van der Waals surface area contributed by atoms with Crippen LogP contribution in [0.5, 0.6) is 0 Å². The zero-order chi connectivity index (χ0) is 18.0. The first-order valence-electron chi connectivity index (χ1n) is 7.45. The van der Waals surface area contributed by atoms with E-state index in [2.05, 4.69) is 10.2 Å². The number of hydrogen-bond donors (Lipinski definition) is 0. The molecule has 134 valence electrons. The first kappa shape index (κ1) is 18.1. The van der Waals surface area contributed by atoms with Gasteiger partial charge in [0.15, 0.2) is 0 Å². The maximum Gasteiger partial charge on any atom is 0.445 e. The van der Waals surface area contributed by atoms with Gasteiger partial charge in [0.25, 0.3) is 0 Å². The van der Waals surface area contributed by atoms with Crippen LogP contribution in [-0.4, -0.2) is 45.5 Å². The number of rotatable bonds is 4. The molecule has 1 aromatic carbocycles. The van der Waals surface area contributed by atoms with E-state index in [0.29, 0.717) is 36.0 Å². The van der Waals surface area contributed by atoms with Crippen molar-refractivity contribution >= 4 is 28.8 Å². The van der Waals surface area contributed by atoms with Crippen LogP contribution in [0.3, 0.4) is 0 Å². The molecule has 5 nitrogen and oxygen atoms in total. The van der Waals surface area contributed by atoms with Crippen molar-refractivity contribution in [1.82, 2.24) is 20.0 Å². The minimum atomic E-state index is -4.48. The zero-order valence-electron chi connectivity index (χ0n) is 13.0. The maximum atomic E-state index is 12.6. The number of carbonyl (C=O) groups excluding carboxylic acids is 1. The van der Waals surface area contributed by atoms with Crippen molar-refractivity contribution in [2.24, 2.45) is 0 Å². The van der Waals surface area contributed by atoms with Gasteiger partial charge in [-0.3, -0.25) is 9.69 Å². The van der Waals surface area contributed by atoms with Crippen molar-refractivity contribution in [2.45, 2.75) is 19.3 Å². The van der Waals surface area contributed by atoms with E-state index in [1.807, 2.05) is 12.1 Å². The van der Waals surface area contributed by atoms with Crippen LogP contribution in [0.4, 0.5) is 13.2 Å². The van der Waals surface area contributed by atoms with Gasteiger partial charge in [0.2, 0.25) is 10.9 Å². The predicted octanol–water partition coefficient (Wildman–Crippen LogP) is 3.05. The predicted molar refractivity (Wildman–Crippen MR) is 87.1 cm³/mol. The molecule has 0 atom stereocenters. The SMILES string of the molecule is O=C1CN(Cc2nnc(C(F)(F)F)s2)CCN1Cc1ccc(Cl)cc1. The summed E-state index contributed by atoms with van der Waals surface area (Å²) in [5.74, 6) is -0.0678. The number of halogens is 4. The van der Waals surface area contributed by atoms with Crippen molar-refractivity contribution in [1.29, 1.82) is 0 Å². The van der Waals surface area contributed by atoms with Crippen molar-refractivity contribution in [2.75, 3.05) is 19.6 Å². The second kappa shape index (κ2) is 7.27. The lowest BCUT2D eigenvalue weighted by atomic mass is 10.2. The topological polar surface area (TPSA) is 49.3 Å². The Kier molecular flexibility index (Phi) is 5.26. The molecule has 0 aliphatic carbocycles. The number of amides is 1. The number of hydrogen-bond acceptors (Lipinski definition) is 5. The Hall–Kier alpha value is -1.71. The lowest BCUT2D eigenvalue weighted by Crippen LogP contribution is -2.49. The molecule has 2 aromatic rings. The summed E-state index contributed by atoms with van der Waals surface area (Å²) in [7, 11) is 0. The molecule has 0 saturated carbocycles. The van der Waals surface area contributed by atoms with Crippen LogP contribution in [0.2, 0.25) is 5.02 Å². The first-order valence-corrected chi connectivity index (χ1v) is 8.65. The Balaban J connectivity index is 1.55. The van der Waals surface area contributed by atoms with Gasteiger partial charge >= 0.3 is 6.18 Å². The van der Waals surface area contributed by atoms with Crippen LogP contribution < -0.4 is 0 Å². The number of piperazine rings is 1. The minimum Gasteiger partial charge on any atom is -0.336 e. The van der Waals surface area contributed by atoms with Crippen molar-refractivity contribution < 1.29 is 18.0 Å². The van der Waals surface area contributed by atoms with E-state index >= 15 is 0 Å². The Labute approximate surface area is 151 Å². The number of nitrogens with zero attached hydrogens (tertiary/aromatic N) is 4. The van der Waals surface area contributed by atoms with Gasteiger partial charge in [0.1, 0.15) is 5.01 Å². The molecular formula is C15H14ClF3N4OS. The van der Waals surface area contributed by atoms with Crippen LogP contribution >= 0.6 is 22.9 Å². The average molecular weight is 391 g/mol. The molecule has 1 saturated heterocycles. The van der Waals surface area contributed by atoms with Crippen molar-refractivity contribution in [3.05, 3.63) is 44.9 Å². The molecule has 0 N–H and O–H groups in total. The van der Waals surface area contributed by atoms with Crippen LogP contribution in [0.1, 0.15) is 15.6 Å². The lowest BCUT2D eigenvalue weighted by molar-refractivity contribution is -0.138. The van der Waals surface area contributed by atoms with Gasteiger partial charge in [-0.05, 0) is 17.7 Å². The number of carbonyl (C=O) groups is 1. The monoisotopic (exact) mass is 390 g/mol. The van der Waals surface area contributed by atoms with Gasteiger partial charge in [-0.2, -0.15) is 13.2 Å². The highest BCUT2D eigenvalue weighted by Crippen LogP contribution is 2.31. The van der Waals surface area contributed by atoms with Crippen molar-refractivity contribution in [3.8, 4) is 0 Å². The first-order chi connectivity index (χ1) is 11.8. The summed E-state index contributed by atoms with van der Waals surface area (Å²) in [6.07, 6.45) is -4.48. The van der Waals surface area contributed by atoms with E-state index in [4.69, 9.17) is 11.6 Å². The molecule has 2 heterocycles.